The zero-order valence-corrected chi connectivity index (χ0v) is 17.2. The summed E-state index contributed by atoms with van der Waals surface area (Å²) in [6.45, 7) is 6.30. The first-order valence-electron chi connectivity index (χ1n) is 9.75. The molecule has 1 saturated heterocycles. The van der Waals surface area contributed by atoms with Crippen LogP contribution >= 0.6 is 0 Å². The lowest BCUT2D eigenvalue weighted by Gasteiger charge is -2.33. The van der Waals surface area contributed by atoms with Crippen molar-refractivity contribution < 1.29 is 19.2 Å². The zero-order valence-electron chi connectivity index (χ0n) is 17.2. The van der Waals surface area contributed by atoms with Crippen molar-refractivity contribution in [2.75, 3.05) is 13.1 Å². The number of benzene rings is 1. The van der Waals surface area contributed by atoms with Crippen LogP contribution in [0, 0.1) is 10.1 Å². The van der Waals surface area contributed by atoms with Gasteiger partial charge in [0.05, 0.1) is 10.6 Å². The van der Waals surface area contributed by atoms with E-state index < -0.39 is 10.5 Å². The van der Waals surface area contributed by atoms with Crippen LogP contribution in [0.15, 0.2) is 47.4 Å². The van der Waals surface area contributed by atoms with Crippen molar-refractivity contribution in [1.82, 2.24) is 9.47 Å². The molecular weight excluding hydrogens is 390 g/mol. The molecule has 1 aliphatic rings. The van der Waals surface area contributed by atoms with E-state index in [1.807, 2.05) is 20.8 Å². The number of likely N-dealkylation sites (tertiary alicyclic amines) is 1. The fraction of sp³-hybridized carbons (Fsp3) is 0.429. The molecule has 1 aromatic heterocycles. The Labute approximate surface area is 174 Å². The van der Waals surface area contributed by atoms with Gasteiger partial charge in [0.25, 0.3) is 5.56 Å². The summed E-state index contributed by atoms with van der Waals surface area (Å²) in [6, 6.07) is 9.08. The molecule has 9 heteroatoms. The number of hydrogen-bond acceptors (Lipinski definition) is 6. The quantitative estimate of drug-likeness (QED) is 0.559. The highest BCUT2D eigenvalue weighted by Crippen LogP contribution is 2.31. The van der Waals surface area contributed by atoms with Gasteiger partial charge in [0.1, 0.15) is 11.7 Å². The molecule has 1 aromatic carbocycles. The van der Waals surface area contributed by atoms with E-state index in [1.54, 1.807) is 23.2 Å². The van der Waals surface area contributed by atoms with E-state index in [9.17, 15) is 19.7 Å². The van der Waals surface area contributed by atoms with Crippen LogP contribution in [0.25, 0.3) is 5.69 Å². The fourth-order valence-electron chi connectivity index (χ4n) is 3.20. The Morgan fingerprint density at radius 2 is 1.87 bits per heavy atom. The molecule has 1 amide bonds. The van der Waals surface area contributed by atoms with Gasteiger partial charge in [-0.05, 0) is 32.9 Å². The molecule has 0 N–H and O–H groups in total. The molecule has 0 unspecified atom stereocenters. The largest absolute Gasteiger partial charge is 0.483 e. The van der Waals surface area contributed by atoms with Crippen LogP contribution < -0.4 is 10.3 Å². The van der Waals surface area contributed by atoms with E-state index in [-0.39, 0.29) is 29.2 Å². The maximum atomic E-state index is 12.2. The van der Waals surface area contributed by atoms with Gasteiger partial charge in [0.15, 0.2) is 5.75 Å². The van der Waals surface area contributed by atoms with Crippen molar-refractivity contribution in [2.45, 2.75) is 45.3 Å². The number of pyridine rings is 1. The third-order valence-electron chi connectivity index (χ3n) is 4.63. The molecule has 1 aliphatic heterocycles. The number of amides is 1. The van der Waals surface area contributed by atoms with Crippen LogP contribution in [-0.4, -0.2) is 45.3 Å². The first-order valence-corrected chi connectivity index (χ1v) is 9.75. The number of nitro groups is 1. The van der Waals surface area contributed by atoms with E-state index in [2.05, 4.69) is 0 Å². The molecule has 0 saturated carbocycles. The number of hydrogen-bond donors (Lipinski definition) is 0. The van der Waals surface area contributed by atoms with Gasteiger partial charge in [0, 0.05) is 50.3 Å². The van der Waals surface area contributed by atoms with Crippen LogP contribution in [0.1, 0.15) is 33.6 Å². The average Bonchev–Trinajstić information content (AvgIpc) is 2.67. The van der Waals surface area contributed by atoms with Gasteiger partial charge < -0.3 is 14.4 Å². The van der Waals surface area contributed by atoms with Crippen LogP contribution in [0.3, 0.4) is 0 Å². The van der Waals surface area contributed by atoms with Crippen molar-refractivity contribution in [3.8, 4) is 11.4 Å². The van der Waals surface area contributed by atoms with Crippen molar-refractivity contribution in [3.05, 3.63) is 63.1 Å². The smallest absolute Gasteiger partial charge is 0.410 e. The van der Waals surface area contributed by atoms with Crippen molar-refractivity contribution in [2.24, 2.45) is 0 Å². The van der Waals surface area contributed by atoms with Gasteiger partial charge in [-0.25, -0.2) is 4.79 Å². The minimum absolute atomic E-state index is 0.101. The predicted molar refractivity (Wildman–Crippen MR) is 110 cm³/mol. The van der Waals surface area contributed by atoms with E-state index in [4.69, 9.17) is 9.47 Å². The lowest BCUT2D eigenvalue weighted by molar-refractivity contribution is -0.386. The van der Waals surface area contributed by atoms with Crippen LogP contribution in [0.5, 0.6) is 5.75 Å². The molecule has 1 fully saturated rings. The molecule has 0 atom stereocenters. The Hall–Kier alpha value is -3.36. The second kappa shape index (κ2) is 8.56. The van der Waals surface area contributed by atoms with Crippen LogP contribution in [-0.2, 0) is 4.74 Å². The number of aromatic nitrogens is 1. The number of nitrogens with zero attached hydrogens (tertiary/aromatic N) is 3. The average molecular weight is 415 g/mol. The Bertz CT molecular complexity index is 987. The third-order valence-corrected chi connectivity index (χ3v) is 4.63. The molecule has 0 bridgehead atoms. The van der Waals surface area contributed by atoms with Crippen molar-refractivity contribution in [1.29, 1.82) is 0 Å². The SMILES string of the molecule is CC(C)(C)OC(=O)N1CCC(Oc2cc(-n3ccccc3=O)ccc2[N+](=O)[O-])CC1. The second-order valence-electron chi connectivity index (χ2n) is 8.10. The fourth-order valence-corrected chi connectivity index (χ4v) is 3.20. The number of rotatable bonds is 4. The summed E-state index contributed by atoms with van der Waals surface area (Å²) < 4.78 is 12.7. The Kier molecular flexibility index (Phi) is 6.09. The minimum atomic E-state index is -0.568. The highest BCUT2D eigenvalue weighted by Gasteiger charge is 2.29. The number of carbonyl (C=O) groups excluding carboxylic acids is 1. The summed E-state index contributed by atoms with van der Waals surface area (Å²) in [6.07, 6.45) is 1.97. The summed E-state index contributed by atoms with van der Waals surface area (Å²) >= 11 is 0. The molecule has 3 rings (SSSR count). The lowest BCUT2D eigenvalue weighted by Crippen LogP contribution is -2.44. The number of nitro benzene ring substituents is 1. The number of ether oxygens (including phenoxy) is 2. The molecule has 0 aliphatic carbocycles. The van der Waals surface area contributed by atoms with Crippen molar-refractivity contribution in [3.63, 3.8) is 0 Å². The molecule has 0 radical (unpaired) electrons. The van der Waals surface area contributed by atoms with Gasteiger partial charge in [-0.3, -0.25) is 19.5 Å². The second-order valence-corrected chi connectivity index (χ2v) is 8.10. The first kappa shape index (κ1) is 21.4. The maximum Gasteiger partial charge on any atom is 0.410 e. The normalized spacial score (nSPS) is 15.0. The standard InChI is InChI=1S/C21H25N3O6/c1-21(2,3)30-20(26)22-12-9-16(10-13-22)29-18-14-15(7-8-17(18)24(27)28)23-11-5-4-6-19(23)25/h4-8,11,14,16H,9-10,12-13H2,1-3H3. The number of piperidine rings is 1. The molecule has 9 nitrogen and oxygen atoms in total. The van der Waals surface area contributed by atoms with Crippen molar-refractivity contribution >= 4 is 11.8 Å². The van der Waals surface area contributed by atoms with Gasteiger partial charge in [0.2, 0.25) is 0 Å². The van der Waals surface area contributed by atoms with E-state index in [0.29, 0.717) is 31.6 Å². The molecule has 30 heavy (non-hydrogen) atoms. The van der Waals surface area contributed by atoms with Gasteiger partial charge >= 0.3 is 11.8 Å². The molecular formula is C21H25N3O6. The van der Waals surface area contributed by atoms with Crippen LogP contribution in [0.4, 0.5) is 10.5 Å². The highest BCUT2D eigenvalue weighted by atomic mass is 16.6. The Balaban J connectivity index is 1.74. The highest BCUT2D eigenvalue weighted by molar-refractivity contribution is 5.68. The molecule has 0 spiro atoms. The van der Waals surface area contributed by atoms with E-state index in [0.717, 1.165) is 0 Å². The Morgan fingerprint density at radius 1 is 1.17 bits per heavy atom. The summed E-state index contributed by atoms with van der Waals surface area (Å²) in [5, 5.41) is 11.4. The van der Waals surface area contributed by atoms with Gasteiger partial charge in [-0.2, -0.15) is 0 Å². The lowest BCUT2D eigenvalue weighted by atomic mass is 10.1. The van der Waals surface area contributed by atoms with Gasteiger partial charge in [-0.15, -0.1) is 0 Å². The minimum Gasteiger partial charge on any atom is -0.483 e. The zero-order chi connectivity index (χ0) is 21.9. The van der Waals surface area contributed by atoms with E-state index >= 15 is 0 Å². The topological polar surface area (TPSA) is 104 Å². The molecule has 2 aromatic rings. The Morgan fingerprint density at radius 3 is 2.47 bits per heavy atom. The summed E-state index contributed by atoms with van der Waals surface area (Å²) in [7, 11) is 0. The van der Waals surface area contributed by atoms with Gasteiger partial charge in [-0.1, -0.05) is 6.07 Å². The summed E-state index contributed by atoms with van der Waals surface area (Å²) in [4.78, 5) is 36.8. The van der Waals surface area contributed by atoms with Crippen LogP contribution in [0.2, 0.25) is 0 Å². The summed E-state index contributed by atoms with van der Waals surface area (Å²) in [5.41, 5.74) is -0.506. The predicted octanol–water partition coefficient (Wildman–Crippen LogP) is 3.52. The first-order chi connectivity index (χ1) is 14.1. The maximum absolute atomic E-state index is 12.2. The third kappa shape index (κ3) is 5.16. The summed E-state index contributed by atoms with van der Waals surface area (Å²) in [5.74, 6) is 0.101. The molecule has 160 valence electrons. The van der Waals surface area contributed by atoms with E-state index in [1.165, 1.54) is 28.8 Å². The monoisotopic (exact) mass is 415 g/mol. The molecule has 2 heterocycles. The number of carbonyl (C=O) groups is 1.